The first-order chi connectivity index (χ1) is 13.1. The number of ether oxygens (including phenoxy) is 3. The van der Waals surface area contributed by atoms with Gasteiger partial charge in [-0.25, -0.2) is 0 Å². The maximum absolute atomic E-state index is 12.5. The molecule has 1 aliphatic rings. The van der Waals surface area contributed by atoms with Crippen LogP contribution in [0.3, 0.4) is 0 Å². The molecule has 3 rings (SSSR count). The molecule has 0 spiro atoms. The Bertz CT molecular complexity index is 815. The highest BCUT2D eigenvalue weighted by Gasteiger charge is 2.36. The molecule has 1 atom stereocenters. The normalized spacial score (nSPS) is 16.2. The lowest BCUT2D eigenvalue weighted by molar-refractivity contribution is -0.122. The zero-order valence-corrected chi connectivity index (χ0v) is 15.4. The molecule has 0 saturated carbocycles. The predicted octanol–water partition coefficient (Wildman–Crippen LogP) is 2.10. The highest BCUT2D eigenvalue weighted by atomic mass is 16.5. The number of nitrogens with zero attached hydrogens (tertiary/aromatic N) is 2. The molecule has 1 saturated heterocycles. The molecule has 8 heteroatoms. The van der Waals surface area contributed by atoms with E-state index in [4.69, 9.17) is 14.2 Å². The van der Waals surface area contributed by atoms with Gasteiger partial charge in [0.25, 0.3) is 0 Å². The highest BCUT2D eigenvalue weighted by molar-refractivity contribution is 6.03. The van der Waals surface area contributed by atoms with Crippen LogP contribution in [-0.2, 0) is 9.59 Å². The smallest absolute Gasteiger partial charge is 0.229 e. The van der Waals surface area contributed by atoms with Crippen molar-refractivity contribution in [2.75, 3.05) is 38.1 Å². The topological polar surface area (TPSA) is 90.0 Å². The molecule has 1 aromatic heterocycles. The summed E-state index contributed by atoms with van der Waals surface area (Å²) in [5.41, 5.74) is 1.24. The van der Waals surface area contributed by atoms with Crippen LogP contribution in [0.25, 0.3) is 0 Å². The molecule has 1 fully saturated rings. The third-order valence-corrected chi connectivity index (χ3v) is 4.40. The first kappa shape index (κ1) is 18.5. The summed E-state index contributed by atoms with van der Waals surface area (Å²) < 4.78 is 16.0. The van der Waals surface area contributed by atoms with E-state index in [1.165, 1.54) is 21.3 Å². The number of aromatic nitrogens is 1. The maximum atomic E-state index is 12.5. The van der Waals surface area contributed by atoms with Gasteiger partial charge >= 0.3 is 0 Å². The molecule has 1 aromatic carbocycles. The fourth-order valence-corrected chi connectivity index (χ4v) is 3.04. The van der Waals surface area contributed by atoms with Gasteiger partial charge in [0.05, 0.1) is 32.9 Å². The monoisotopic (exact) mass is 371 g/mol. The van der Waals surface area contributed by atoms with Crippen LogP contribution in [0.2, 0.25) is 0 Å². The highest BCUT2D eigenvalue weighted by Crippen LogP contribution is 2.42. The third-order valence-electron chi connectivity index (χ3n) is 4.40. The molecule has 142 valence electrons. The van der Waals surface area contributed by atoms with Crippen LogP contribution in [0.5, 0.6) is 17.2 Å². The molecule has 2 aromatic rings. The number of rotatable bonds is 6. The van der Waals surface area contributed by atoms with Crippen LogP contribution in [0, 0.1) is 5.92 Å². The lowest BCUT2D eigenvalue weighted by atomic mass is 10.1. The lowest BCUT2D eigenvalue weighted by Gasteiger charge is -2.20. The van der Waals surface area contributed by atoms with E-state index in [1.807, 2.05) is 0 Å². The predicted molar refractivity (Wildman–Crippen MR) is 99.4 cm³/mol. The molecule has 0 aliphatic carbocycles. The van der Waals surface area contributed by atoms with E-state index in [2.05, 4.69) is 10.3 Å². The first-order valence-corrected chi connectivity index (χ1v) is 8.38. The summed E-state index contributed by atoms with van der Waals surface area (Å²) in [4.78, 5) is 30.5. The number of carbonyl (C=O) groups is 2. The minimum atomic E-state index is -0.454. The second-order valence-electron chi connectivity index (χ2n) is 6.01. The zero-order chi connectivity index (χ0) is 19.4. The Morgan fingerprint density at radius 3 is 2.30 bits per heavy atom. The molecule has 0 bridgehead atoms. The van der Waals surface area contributed by atoms with Crippen LogP contribution in [0.1, 0.15) is 6.42 Å². The van der Waals surface area contributed by atoms with Crippen molar-refractivity contribution in [2.24, 2.45) is 5.92 Å². The Balaban J connectivity index is 1.80. The number of benzene rings is 1. The Hall–Kier alpha value is -3.29. The van der Waals surface area contributed by atoms with Gasteiger partial charge in [-0.1, -0.05) is 0 Å². The largest absolute Gasteiger partial charge is 0.493 e. The Morgan fingerprint density at radius 2 is 1.74 bits per heavy atom. The molecule has 2 amide bonds. The summed E-state index contributed by atoms with van der Waals surface area (Å²) in [7, 11) is 4.54. The second kappa shape index (κ2) is 7.94. The van der Waals surface area contributed by atoms with E-state index in [1.54, 1.807) is 41.6 Å². The molecular weight excluding hydrogens is 350 g/mol. The standard InChI is InChI=1S/C19H21N3O5/c1-25-15-9-14(10-16(26-2)18(15)27-3)22-11-12(8-17(22)23)19(24)21-13-4-6-20-7-5-13/h4-7,9-10,12H,8,11H2,1-3H3,(H,20,21,24). The average molecular weight is 371 g/mol. The van der Waals surface area contributed by atoms with Gasteiger partial charge in [-0.15, -0.1) is 0 Å². The summed E-state index contributed by atoms with van der Waals surface area (Å²) in [6.45, 7) is 0.272. The summed E-state index contributed by atoms with van der Waals surface area (Å²) >= 11 is 0. The minimum Gasteiger partial charge on any atom is -0.493 e. The van der Waals surface area contributed by atoms with Crippen LogP contribution in [0.15, 0.2) is 36.7 Å². The van der Waals surface area contributed by atoms with Gasteiger partial charge in [-0.2, -0.15) is 0 Å². The molecule has 8 nitrogen and oxygen atoms in total. The van der Waals surface area contributed by atoms with E-state index in [0.29, 0.717) is 28.6 Å². The van der Waals surface area contributed by atoms with Gasteiger partial charge in [0.2, 0.25) is 17.6 Å². The number of amides is 2. The number of anilines is 2. The number of hydrogen-bond donors (Lipinski definition) is 1. The quantitative estimate of drug-likeness (QED) is 0.836. The van der Waals surface area contributed by atoms with Crippen molar-refractivity contribution in [1.82, 2.24) is 4.98 Å². The molecule has 1 N–H and O–H groups in total. The van der Waals surface area contributed by atoms with Crippen molar-refractivity contribution in [2.45, 2.75) is 6.42 Å². The zero-order valence-electron chi connectivity index (χ0n) is 15.4. The third kappa shape index (κ3) is 3.79. The number of carbonyl (C=O) groups excluding carboxylic acids is 2. The van der Waals surface area contributed by atoms with Crippen molar-refractivity contribution in [3.63, 3.8) is 0 Å². The summed E-state index contributed by atoms with van der Waals surface area (Å²) in [5.74, 6) is 0.546. The molecule has 2 heterocycles. The van der Waals surface area contributed by atoms with Gasteiger partial charge in [0.1, 0.15) is 0 Å². The molecule has 0 radical (unpaired) electrons. The summed E-state index contributed by atoms with van der Waals surface area (Å²) in [6.07, 6.45) is 3.32. The van der Waals surface area contributed by atoms with E-state index < -0.39 is 5.92 Å². The van der Waals surface area contributed by atoms with E-state index in [0.717, 1.165) is 0 Å². The Morgan fingerprint density at radius 1 is 1.11 bits per heavy atom. The van der Waals surface area contributed by atoms with Crippen LogP contribution in [0.4, 0.5) is 11.4 Å². The summed E-state index contributed by atoms with van der Waals surface area (Å²) in [6, 6.07) is 6.79. The van der Waals surface area contributed by atoms with Gasteiger partial charge in [-0.3, -0.25) is 14.6 Å². The summed E-state index contributed by atoms with van der Waals surface area (Å²) in [5, 5.41) is 2.81. The van der Waals surface area contributed by atoms with E-state index >= 15 is 0 Å². The van der Waals surface area contributed by atoms with Crippen molar-refractivity contribution in [1.29, 1.82) is 0 Å². The van der Waals surface area contributed by atoms with Gasteiger partial charge in [0, 0.05) is 43.2 Å². The van der Waals surface area contributed by atoms with Gasteiger partial charge < -0.3 is 24.4 Å². The number of pyridine rings is 1. The minimum absolute atomic E-state index is 0.133. The average Bonchev–Trinajstić information content (AvgIpc) is 3.09. The van der Waals surface area contributed by atoms with Crippen molar-refractivity contribution < 1.29 is 23.8 Å². The van der Waals surface area contributed by atoms with Crippen LogP contribution in [-0.4, -0.2) is 44.7 Å². The fourth-order valence-electron chi connectivity index (χ4n) is 3.04. The van der Waals surface area contributed by atoms with Gasteiger partial charge in [0.15, 0.2) is 11.5 Å². The molecule has 1 unspecified atom stereocenters. The van der Waals surface area contributed by atoms with Crippen molar-refractivity contribution >= 4 is 23.2 Å². The molecular formula is C19H21N3O5. The SMILES string of the molecule is COc1cc(N2CC(C(=O)Nc3ccncc3)CC2=O)cc(OC)c1OC. The van der Waals surface area contributed by atoms with Gasteiger partial charge in [-0.05, 0) is 12.1 Å². The van der Waals surface area contributed by atoms with Crippen LogP contribution < -0.4 is 24.4 Å². The first-order valence-electron chi connectivity index (χ1n) is 8.38. The molecule has 27 heavy (non-hydrogen) atoms. The lowest BCUT2D eigenvalue weighted by Crippen LogP contribution is -2.28. The Kier molecular flexibility index (Phi) is 5.44. The Labute approximate surface area is 157 Å². The van der Waals surface area contributed by atoms with Crippen molar-refractivity contribution in [3.8, 4) is 17.2 Å². The fraction of sp³-hybridized carbons (Fsp3) is 0.316. The second-order valence-corrected chi connectivity index (χ2v) is 6.01. The number of hydrogen-bond acceptors (Lipinski definition) is 6. The molecule has 1 aliphatic heterocycles. The van der Waals surface area contributed by atoms with Crippen LogP contribution >= 0.6 is 0 Å². The maximum Gasteiger partial charge on any atom is 0.229 e. The van der Waals surface area contributed by atoms with E-state index in [-0.39, 0.29) is 24.8 Å². The number of nitrogens with one attached hydrogen (secondary N) is 1. The number of methoxy groups -OCH3 is 3. The van der Waals surface area contributed by atoms with E-state index in [9.17, 15) is 9.59 Å². The van der Waals surface area contributed by atoms with Crippen molar-refractivity contribution in [3.05, 3.63) is 36.7 Å².